The van der Waals surface area contributed by atoms with E-state index in [4.69, 9.17) is 0 Å². The van der Waals surface area contributed by atoms with Crippen molar-refractivity contribution in [1.29, 1.82) is 0 Å². The number of anilines is 1. The van der Waals surface area contributed by atoms with E-state index in [0.717, 1.165) is 27.5 Å². The van der Waals surface area contributed by atoms with Crippen molar-refractivity contribution in [3.63, 3.8) is 0 Å². The second-order valence-electron chi connectivity index (χ2n) is 4.85. The van der Waals surface area contributed by atoms with Gasteiger partial charge in [0, 0.05) is 27.2 Å². The Bertz CT molecular complexity index is 933. The number of methoxy groups -OCH3 is 1. The Labute approximate surface area is 137 Å². The minimum Gasteiger partial charge on any atom is -0.465 e. The zero-order valence-electron chi connectivity index (χ0n) is 13.3. The molecular weight excluding hydrogens is 342 g/mol. The molecule has 12 heteroatoms. The molecule has 0 spiro atoms. The Morgan fingerprint density at radius 1 is 1.42 bits per heavy atom. The summed E-state index contributed by atoms with van der Waals surface area (Å²) in [4.78, 5) is 26.3. The van der Waals surface area contributed by atoms with Crippen LogP contribution in [0.15, 0.2) is 12.1 Å². The van der Waals surface area contributed by atoms with E-state index in [-0.39, 0.29) is 22.5 Å². The number of hydrogen-bond acceptors (Lipinski definition) is 8. The number of nitro groups is 1. The van der Waals surface area contributed by atoms with Gasteiger partial charge in [0.15, 0.2) is 0 Å². The molecule has 1 aromatic carbocycles. The molecule has 1 N–H and O–H groups in total. The van der Waals surface area contributed by atoms with Crippen molar-refractivity contribution in [3.8, 4) is 0 Å². The number of imidazole rings is 1. The predicted molar refractivity (Wildman–Crippen MR) is 85.3 cm³/mol. The molecule has 0 aliphatic rings. The summed E-state index contributed by atoms with van der Waals surface area (Å²) < 4.78 is 31.3. The van der Waals surface area contributed by atoms with E-state index in [1.54, 1.807) is 0 Å². The molecule has 0 aliphatic heterocycles. The summed E-state index contributed by atoms with van der Waals surface area (Å²) in [7, 11) is 1.18. The maximum Gasteiger partial charge on any atom is 0.344 e. The van der Waals surface area contributed by atoms with E-state index in [0.29, 0.717) is 0 Å². The third-order valence-electron chi connectivity index (χ3n) is 3.25. The molecule has 24 heavy (non-hydrogen) atoms. The second-order valence-corrected chi connectivity index (χ2v) is 6.84. The third-order valence-corrected chi connectivity index (χ3v) is 5.00. The standard InChI is InChI=1S/C12H15N5O6S/c1-13-12-14-8-5-7(11(18)23-4)9(17(19)20)6-10(8)16(12)24(21,22)15(2)3/h5-6H,1-4H3,(H,13,14). The SMILES string of the molecule is CNc1nc2cc(C(=O)OC)c([N+](=O)[O-])cc2n1S(=O)(=O)N(C)C. The van der Waals surface area contributed by atoms with Gasteiger partial charge in [0.05, 0.1) is 23.1 Å². The zero-order chi connectivity index (χ0) is 18.2. The fraction of sp³-hybridized carbons (Fsp3) is 0.333. The summed E-state index contributed by atoms with van der Waals surface area (Å²) in [5.74, 6) is -0.963. The van der Waals surface area contributed by atoms with E-state index in [9.17, 15) is 23.3 Å². The molecule has 0 saturated carbocycles. The fourth-order valence-corrected chi connectivity index (χ4v) is 3.14. The first-order valence-electron chi connectivity index (χ1n) is 6.55. The first kappa shape index (κ1) is 17.6. The van der Waals surface area contributed by atoms with Crippen LogP contribution >= 0.6 is 0 Å². The Kier molecular flexibility index (Phi) is 4.44. The summed E-state index contributed by atoms with van der Waals surface area (Å²) in [6.45, 7) is 0. The predicted octanol–water partition coefficient (Wildman–Crippen LogP) is 0.427. The molecule has 0 saturated heterocycles. The van der Waals surface area contributed by atoms with Gasteiger partial charge in [-0.3, -0.25) is 10.1 Å². The highest BCUT2D eigenvalue weighted by atomic mass is 32.2. The minimum atomic E-state index is -4.00. The molecule has 0 unspecified atom stereocenters. The van der Waals surface area contributed by atoms with Crippen LogP contribution in [-0.2, 0) is 14.9 Å². The molecule has 130 valence electrons. The molecular formula is C12H15N5O6S. The van der Waals surface area contributed by atoms with Crippen LogP contribution < -0.4 is 5.32 Å². The summed E-state index contributed by atoms with van der Waals surface area (Å²) in [5, 5.41) is 13.9. The molecule has 1 aromatic heterocycles. The van der Waals surface area contributed by atoms with Crippen LogP contribution in [0, 0.1) is 10.1 Å². The monoisotopic (exact) mass is 357 g/mol. The second kappa shape index (κ2) is 6.05. The van der Waals surface area contributed by atoms with E-state index < -0.39 is 26.8 Å². The van der Waals surface area contributed by atoms with Crippen molar-refractivity contribution >= 4 is 38.8 Å². The molecule has 2 rings (SSSR count). The van der Waals surface area contributed by atoms with Crippen LogP contribution in [0.5, 0.6) is 0 Å². The Morgan fingerprint density at radius 2 is 2.04 bits per heavy atom. The minimum absolute atomic E-state index is 0.0348. The lowest BCUT2D eigenvalue weighted by atomic mass is 10.1. The number of nitrogens with one attached hydrogen (secondary N) is 1. The summed E-state index contributed by atoms with van der Waals surface area (Å²) in [5.41, 5.74) is -0.833. The molecule has 0 atom stereocenters. The lowest BCUT2D eigenvalue weighted by molar-refractivity contribution is -0.385. The number of rotatable bonds is 5. The van der Waals surface area contributed by atoms with Gasteiger partial charge in [-0.15, -0.1) is 0 Å². The number of ether oxygens (including phenoxy) is 1. The third kappa shape index (κ3) is 2.65. The van der Waals surface area contributed by atoms with Crippen molar-refractivity contribution in [1.82, 2.24) is 13.3 Å². The quantitative estimate of drug-likeness (QED) is 0.462. The molecule has 0 radical (unpaired) electrons. The maximum atomic E-state index is 12.5. The van der Waals surface area contributed by atoms with Gasteiger partial charge in [-0.25, -0.2) is 9.78 Å². The normalized spacial score (nSPS) is 11.7. The fourth-order valence-electron chi connectivity index (χ4n) is 2.07. The lowest BCUT2D eigenvalue weighted by Gasteiger charge is -2.14. The molecule has 1 heterocycles. The molecule has 11 nitrogen and oxygen atoms in total. The summed E-state index contributed by atoms with van der Waals surface area (Å²) in [6, 6.07) is 2.11. The smallest absolute Gasteiger partial charge is 0.344 e. The number of hydrogen-bond donors (Lipinski definition) is 1. The van der Waals surface area contributed by atoms with Crippen molar-refractivity contribution < 1.29 is 22.9 Å². The zero-order valence-corrected chi connectivity index (χ0v) is 14.1. The number of nitrogens with zero attached hydrogens (tertiary/aromatic N) is 4. The van der Waals surface area contributed by atoms with Crippen molar-refractivity contribution in [2.45, 2.75) is 0 Å². The molecule has 0 aliphatic carbocycles. The highest BCUT2D eigenvalue weighted by Crippen LogP contribution is 2.30. The average molecular weight is 357 g/mol. The largest absolute Gasteiger partial charge is 0.465 e. The van der Waals surface area contributed by atoms with Crippen LogP contribution in [0.2, 0.25) is 0 Å². The average Bonchev–Trinajstić information content (AvgIpc) is 2.90. The van der Waals surface area contributed by atoms with Gasteiger partial charge >= 0.3 is 16.2 Å². The number of benzene rings is 1. The van der Waals surface area contributed by atoms with E-state index >= 15 is 0 Å². The van der Waals surface area contributed by atoms with Gasteiger partial charge in [0.2, 0.25) is 5.95 Å². The van der Waals surface area contributed by atoms with Crippen molar-refractivity contribution in [2.75, 3.05) is 33.6 Å². The highest BCUT2D eigenvalue weighted by Gasteiger charge is 2.29. The van der Waals surface area contributed by atoms with Crippen LogP contribution in [0.25, 0.3) is 11.0 Å². The number of aromatic nitrogens is 2. The van der Waals surface area contributed by atoms with Gasteiger partial charge < -0.3 is 10.1 Å². The number of carbonyl (C=O) groups is 1. The van der Waals surface area contributed by atoms with E-state index in [1.165, 1.54) is 21.1 Å². The lowest BCUT2D eigenvalue weighted by Crippen LogP contribution is -2.29. The maximum absolute atomic E-state index is 12.5. The first-order chi connectivity index (χ1) is 11.1. The Hall–Kier alpha value is -2.73. The van der Waals surface area contributed by atoms with E-state index in [1.807, 2.05) is 0 Å². The molecule has 0 amide bonds. The van der Waals surface area contributed by atoms with Crippen LogP contribution in [0.3, 0.4) is 0 Å². The van der Waals surface area contributed by atoms with Crippen LogP contribution in [0.1, 0.15) is 10.4 Å². The van der Waals surface area contributed by atoms with Gasteiger partial charge in [-0.1, -0.05) is 0 Å². The molecule has 0 fully saturated rings. The number of carbonyl (C=O) groups excluding carboxylic acids is 1. The van der Waals surface area contributed by atoms with Crippen molar-refractivity contribution in [2.24, 2.45) is 0 Å². The molecule has 2 aromatic rings. The van der Waals surface area contributed by atoms with Gasteiger partial charge in [-0.05, 0) is 6.07 Å². The number of fused-ring (bicyclic) bond motifs is 1. The summed E-state index contributed by atoms with van der Waals surface area (Å²) in [6.07, 6.45) is 0. The highest BCUT2D eigenvalue weighted by molar-refractivity contribution is 7.87. The van der Waals surface area contributed by atoms with Crippen LogP contribution in [-0.4, -0.2) is 60.8 Å². The van der Waals surface area contributed by atoms with Gasteiger partial charge in [-0.2, -0.15) is 16.7 Å². The van der Waals surface area contributed by atoms with Gasteiger partial charge in [0.25, 0.3) is 5.69 Å². The summed E-state index contributed by atoms with van der Waals surface area (Å²) >= 11 is 0. The topological polar surface area (TPSA) is 137 Å². The Balaban J connectivity index is 2.94. The van der Waals surface area contributed by atoms with Crippen molar-refractivity contribution in [3.05, 3.63) is 27.8 Å². The number of esters is 1. The first-order valence-corrected chi connectivity index (χ1v) is 7.94. The van der Waals surface area contributed by atoms with Gasteiger partial charge in [0.1, 0.15) is 5.56 Å². The van der Waals surface area contributed by atoms with E-state index in [2.05, 4.69) is 15.0 Å². The Morgan fingerprint density at radius 3 is 2.50 bits per heavy atom. The van der Waals surface area contributed by atoms with Crippen LogP contribution in [0.4, 0.5) is 11.6 Å². The molecule has 0 bridgehead atoms. The number of nitro benzene ring substituents is 1.